The molecule has 3 heteroatoms. The Morgan fingerprint density at radius 2 is 2.20 bits per heavy atom. The standard InChI is InChI=1S/C12H17NO2/c1-2-3-4-7-15-12-6-5-10(9-14)8-11(12)13/h5-6,8-9H,2-4,7,13H2,1H3. The molecule has 1 rings (SSSR count). The number of ether oxygens (including phenoxy) is 1. The highest BCUT2D eigenvalue weighted by Crippen LogP contribution is 2.22. The van der Waals surface area contributed by atoms with E-state index in [-0.39, 0.29) is 0 Å². The van der Waals surface area contributed by atoms with Gasteiger partial charge in [0.15, 0.2) is 0 Å². The molecule has 1 aromatic rings. The van der Waals surface area contributed by atoms with Crippen molar-refractivity contribution in [3.05, 3.63) is 23.8 Å². The summed E-state index contributed by atoms with van der Waals surface area (Å²) in [6.07, 6.45) is 4.14. The van der Waals surface area contributed by atoms with E-state index >= 15 is 0 Å². The number of nitrogens with two attached hydrogens (primary N) is 1. The highest BCUT2D eigenvalue weighted by Gasteiger charge is 2.00. The van der Waals surface area contributed by atoms with E-state index in [2.05, 4.69) is 6.92 Å². The fourth-order valence-corrected chi connectivity index (χ4v) is 1.31. The van der Waals surface area contributed by atoms with Crippen LogP contribution >= 0.6 is 0 Å². The lowest BCUT2D eigenvalue weighted by Crippen LogP contribution is -2.00. The van der Waals surface area contributed by atoms with Crippen molar-refractivity contribution in [3.63, 3.8) is 0 Å². The Balaban J connectivity index is 2.50. The van der Waals surface area contributed by atoms with Crippen molar-refractivity contribution in [2.75, 3.05) is 12.3 Å². The summed E-state index contributed by atoms with van der Waals surface area (Å²) in [5.74, 6) is 0.664. The lowest BCUT2D eigenvalue weighted by atomic mass is 10.2. The molecule has 82 valence electrons. The molecule has 0 amide bonds. The summed E-state index contributed by atoms with van der Waals surface area (Å²) in [5, 5.41) is 0. The monoisotopic (exact) mass is 207 g/mol. The second-order valence-electron chi connectivity index (χ2n) is 3.47. The van der Waals surface area contributed by atoms with Gasteiger partial charge in [-0.2, -0.15) is 0 Å². The Kier molecular flexibility index (Phi) is 4.68. The summed E-state index contributed by atoms with van der Waals surface area (Å²) in [7, 11) is 0. The van der Waals surface area contributed by atoms with E-state index in [1.165, 1.54) is 6.42 Å². The molecule has 0 saturated carbocycles. The maximum atomic E-state index is 10.5. The number of hydrogen-bond acceptors (Lipinski definition) is 3. The number of hydrogen-bond donors (Lipinski definition) is 1. The van der Waals surface area contributed by atoms with Gasteiger partial charge in [-0.3, -0.25) is 4.79 Å². The van der Waals surface area contributed by atoms with E-state index in [0.717, 1.165) is 19.1 Å². The third-order valence-corrected chi connectivity index (χ3v) is 2.18. The quantitative estimate of drug-likeness (QED) is 0.443. The van der Waals surface area contributed by atoms with Gasteiger partial charge in [-0.1, -0.05) is 19.8 Å². The molecule has 0 aliphatic rings. The maximum absolute atomic E-state index is 10.5. The van der Waals surface area contributed by atoms with Crippen molar-refractivity contribution in [1.29, 1.82) is 0 Å². The van der Waals surface area contributed by atoms with Crippen LogP contribution < -0.4 is 10.5 Å². The number of aldehydes is 1. The minimum absolute atomic E-state index is 0.524. The van der Waals surface area contributed by atoms with Crippen molar-refractivity contribution in [1.82, 2.24) is 0 Å². The van der Waals surface area contributed by atoms with Gasteiger partial charge in [0.1, 0.15) is 12.0 Å². The van der Waals surface area contributed by atoms with Crippen LogP contribution in [0.3, 0.4) is 0 Å². The second-order valence-corrected chi connectivity index (χ2v) is 3.47. The number of carbonyl (C=O) groups excluding carboxylic acids is 1. The van der Waals surface area contributed by atoms with Crippen molar-refractivity contribution in [2.45, 2.75) is 26.2 Å². The Hall–Kier alpha value is -1.51. The Labute approximate surface area is 90.2 Å². The number of unbranched alkanes of at least 4 members (excludes halogenated alkanes) is 2. The highest BCUT2D eigenvalue weighted by molar-refractivity contribution is 5.78. The molecule has 3 nitrogen and oxygen atoms in total. The molecular weight excluding hydrogens is 190 g/mol. The molecule has 0 saturated heterocycles. The first-order valence-electron chi connectivity index (χ1n) is 5.25. The van der Waals surface area contributed by atoms with Crippen molar-refractivity contribution in [2.24, 2.45) is 0 Å². The third kappa shape index (κ3) is 3.62. The molecule has 1 aromatic carbocycles. The molecule has 0 aliphatic carbocycles. The molecule has 2 N–H and O–H groups in total. The summed E-state index contributed by atoms with van der Waals surface area (Å²) >= 11 is 0. The van der Waals surface area contributed by atoms with Gasteiger partial charge in [-0.15, -0.1) is 0 Å². The number of carbonyl (C=O) groups is 1. The van der Waals surface area contributed by atoms with Gasteiger partial charge in [0.05, 0.1) is 12.3 Å². The molecule has 0 aromatic heterocycles. The van der Waals surface area contributed by atoms with E-state index in [1.54, 1.807) is 18.2 Å². The zero-order valence-electron chi connectivity index (χ0n) is 9.03. The normalized spacial score (nSPS) is 9.93. The summed E-state index contributed by atoms with van der Waals surface area (Å²) in [4.78, 5) is 10.5. The minimum Gasteiger partial charge on any atom is -0.491 e. The first-order chi connectivity index (χ1) is 7.27. The predicted octanol–water partition coefficient (Wildman–Crippen LogP) is 2.65. The van der Waals surface area contributed by atoms with E-state index in [9.17, 15) is 4.79 Å². The number of rotatable bonds is 6. The van der Waals surface area contributed by atoms with E-state index < -0.39 is 0 Å². The predicted molar refractivity (Wildman–Crippen MR) is 61.3 cm³/mol. The third-order valence-electron chi connectivity index (χ3n) is 2.18. The van der Waals surface area contributed by atoms with Crippen molar-refractivity contribution in [3.8, 4) is 5.75 Å². The van der Waals surface area contributed by atoms with Gasteiger partial charge >= 0.3 is 0 Å². The van der Waals surface area contributed by atoms with Gasteiger partial charge in [0, 0.05) is 5.56 Å². The van der Waals surface area contributed by atoms with Gasteiger partial charge < -0.3 is 10.5 Å². The molecule has 0 spiro atoms. The Morgan fingerprint density at radius 3 is 2.80 bits per heavy atom. The van der Waals surface area contributed by atoms with Gasteiger partial charge in [-0.05, 0) is 24.6 Å². The largest absolute Gasteiger partial charge is 0.491 e. The van der Waals surface area contributed by atoms with Crippen LogP contribution in [0, 0.1) is 0 Å². The SMILES string of the molecule is CCCCCOc1ccc(C=O)cc1N. The number of anilines is 1. The first kappa shape index (κ1) is 11.6. The molecular formula is C12H17NO2. The molecule has 0 aliphatic heterocycles. The number of nitrogen functional groups attached to an aromatic ring is 1. The fraction of sp³-hybridized carbons (Fsp3) is 0.417. The van der Waals surface area contributed by atoms with Crippen LogP contribution in [-0.4, -0.2) is 12.9 Å². The van der Waals surface area contributed by atoms with E-state index in [1.807, 2.05) is 0 Å². The molecule has 0 fully saturated rings. The number of benzene rings is 1. The summed E-state index contributed by atoms with van der Waals surface area (Å²) < 4.78 is 5.50. The van der Waals surface area contributed by atoms with Crippen LogP contribution in [0.15, 0.2) is 18.2 Å². The van der Waals surface area contributed by atoms with Gasteiger partial charge in [-0.25, -0.2) is 0 Å². The zero-order chi connectivity index (χ0) is 11.1. The smallest absolute Gasteiger partial charge is 0.150 e. The summed E-state index contributed by atoms with van der Waals surface area (Å²) in [6, 6.07) is 5.08. The lowest BCUT2D eigenvalue weighted by molar-refractivity contribution is 0.112. The van der Waals surface area contributed by atoms with Crippen molar-refractivity contribution < 1.29 is 9.53 Å². The first-order valence-corrected chi connectivity index (χ1v) is 5.25. The van der Waals surface area contributed by atoms with E-state index in [0.29, 0.717) is 23.6 Å². The van der Waals surface area contributed by atoms with E-state index in [4.69, 9.17) is 10.5 Å². The summed E-state index contributed by atoms with van der Waals surface area (Å²) in [6.45, 7) is 2.83. The summed E-state index contributed by atoms with van der Waals surface area (Å²) in [5.41, 5.74) is 6.83. The topological polar surface area (TPSA) is 52.3 Å². The molecule has 0 atom stereocenters. The van der Waals surface area contributed by atoms with Crippen LogP contribution in [0.1, 0.15) is 36.5 Å². The van der Waals surface area contributed by atoms with Crippen LogP contribution in [0.5, 0.6) is 5.75 Å². The Bertz CT molecular complexity index is 323. The van der Waals surface area contributed by atoms with Crippen LogP contribution in [0.25, 0.3) is 0 Å². The molecule has 0 bridgehead atoms. The van der Waals surface area contributed by atoms with Crippen molar-refractivity contribution >= 4 is 12.0 Å². The Morgan fingerprint density at radius 1 is 1.40 bits per heavy atom. The van der Waals surface area contributed by atoms with Crippen LogP contribution in [0.4, 0.5) is 5.69 Å². The molecule has 0 heterocycles. The minimum atomic E-state index is 0.524. The molecule has 15 heavy (non-hydrogen) atoms. The van der Waals surface area contributed by atoms with Gasteiger partial charge in [0.2, 0.25) is 0 Å². The van der Waals surface area contributed by atoms with Crippen LogP contribution in [-0.2, 0) is 0 Å². The maximum Gasteiger partial charge on any atom is 0.150 e. The molecule has 0 unspecified atom stereocenters. The fourth-order valence-electron chi connectivity index (χ4n) is 1.31. The van der Waals surface area contributed by atoms with Gasteiger partial charge in [0.25, 0.3) is 0 Å². The molecule has 0 radical (unpaired) electrons. The highest BCUT2D eigenvalue weighted by atomic mass is 16.5. The second kappa shape index (κ2) is 6.06. The van der Waals surface area contributed by atoms with Crippen LogP contribution in [0.2, 0.25) is 0 Å². The zero-order valence-corrected chi connectivity index (χ0v) is 9.03. The lowest BCUT2D eigenvalue weighted by Gasteiger charge is -2.08. The average molecular weight is 207 g/mol. The average Bonchev–Trinajstić information content (AvgIpc) is 2.26.